The summed E-state index contributed by atoms with van der Waals surface area (Å²) in [5.74, 6) is -0.110. The van der Waals surface area contributed by atoms with Gasteiger partial charge in [0.1, 0.15) is 0 Å². The van der Waals surface area contributed by atoms with E-state index in [9.17, 15) is 13.2 Å². The molecule has 0 atom stereocenters. The van der Waals surface area contributed by atoms with Gasteiger partial charge in [-0.15, -0.1) is 0 Å². The molecule has 0 unspecified atom stereocenters. The fourth-order valence-corrected chi connectivity index (χ4v) is 3.33. The Morgan fingerprint density at radius 3 is 2.10 bits per heavy atom. The lowest BCUT2D eigenvalue weighted by molar-refractivity contribution is -0.121. The summed E-state index contributed by atoms with van der Waals surface area (Å²) >= 11 is 0. The smallest absolute Gasteiger partial charge is 0.221 e. The zero-order chi connectivity index (χ0) is 16.0. The second-order valence-electron chi connectivity index (χ2n) is 6.26. The summed E-state index contributed by atoms with van der Waals surface area (Å²) in [5, 5.41) is 2.81. The van der Waals surface area contributed by atoms with Crippen LogP contribution in [0.5, 0.6) is 0 Å². The van der Waals surface area contributed by atoms with Crippen LogP contribution in [0.1, 0.15) is 33.6 Å². The number of nitrogens with one attached hydrogen (secondary N) is 1. The Kier molecular flexibility index (Phi) is 7.69. The summed E-state index contributed by atoms with van der Waals surface area (Å²) < 4.78 is 24.8. The first kappa shape index (κ1) is 19.3. The van der Waals surface area contributed by atoms with Gasteiger partial charge < -0.3 is 10.2 Å². The van der Waals surface area contributed by atoms with Crippen LogP contribution >= 0.6 is 0 Å². The van der Waals surface area contributed by atoms with Crippen molar-refractivity contribution in [2.75, 3.05) is 40.0 Å². The molecule has 1 amide bonds. The predicted molar refractivity (Wildman–Crippen MR) is 82.1 cm³/mol. The van der Waals surface area contributed by atoms with Gasteiger partial charge in [0.05, 0.1) is 6.26 Å². The summed E-state index contributed by atoms with van der Waals surface area (Å²) in [6.07, 6.45) is 2.24. The number of amides is 1. The van der Waals surface area contributed by atoms with E-state index in [1.807, 2.05) is 34.9 Å². The average molecular weight is 307 g/mol. The van der Waals surface area contributed by atoms with Crippen LogP contribution < -0.4 is 5.32 Å². The molecule has 0 aromatic rings. The summed E-state index contributed by atoms with van der Waals surface area (Å²) in [7, 11) is 0.655. The first-order valence-electron chi connectivity index (χ1n) is 6.84. The van der Waals surface area contributed by atoms with Gasteiger partial charge in [-0.25, -0.2) is 8.42 Å². The van der Waals surface area contributed by atoms with Crippen molar-refractivity contribution in [3.8, 4) is 0 Å². The molecule has 0 saturated carbocycles. The molecule has 0 fully saturated rings. The molecule has 7 heteroatoms. The van der Waals surface area contributed by atoms with E-state index in [0.717, 1.165) is 13.0 Å². The number of nitrogens with zero attached hydrogens (tertiary/aromatic N) is 2. The van der Waals surface area contributed by atoms with Crippen LogP contribution in [0.3, 0.4) is 0 Å². The highest BCUT2D eigenvalue weighted by atomic mass is 32.2. The first-order valence-corrected chi connectivity index (χ1v) is 8.68. The fraction of sp³-hybridized carbons (Fsp3) is 0.923. The van der Waals surface area contributed by atoms with Crippen molar-refractivity contribution >= 4 is 15.9 Å². The number of sulfonamides is 1. The zero-order valence-electron chi connectivity index (χ0n) is 13.6. The normalized spacial score (nSPS) is 13.0. The molecular formula is C13H29N3O3S. The van der Waals surface area contributed by atoms with E-state index < -0.39 is 15.6 Å². The van der Waals surface area contributed by atoms with Gasteiger partial charge in [0, 0.05) is 25.0 Å². The Labute approximate surface area is 123 Å². The van der Waals surface area contributed by atoms with E-state index in [2.05, 4.69) is 10.2 Å². The maximum atomic E-state index is 11.7. The van der Waals surface area contributed by atoms with E-state index in [1.165, 1.54) is 10.6 Å². The quantitative estimate of drug-likeness (QED) is 0.663. The van der Waals surface area contributed by atoms with E-state index in [4.69, 9.17) is 0 Å². The molecule has 0 aliphatic rings. The van der Waals surface area contributed by atoms with Gasteiger partial charge >= 0.3 is 0 Å². The summed E-state index contributed by atoms with van der Waals surface area (Å²) in [6.45, 7) is 7.21. The van der Waals surface area contributed by atoms with Crippen LogP contribution in [0.15, 0.2) is 0 Å². The van der Waals surface area contributed by atoms with Crippen molar-refractivity contribution in [1.82, 2.24) is 14.5 Å². The van der Waals surface area contributed by atoms with Gasteiger partial charge in [0.15, 0.2) is 0 Å². The Bertz CT molecular complexity index is 400. The van der Waals surface area contributed by atoms with Crippen LogP contribution in [0, 0.1) is 0 Å². The van der Waals surface area contributed by atoms with E-state index in [0.29, 0.717) is 6.54 Å². The third-order valence-corrected chi connectivity index (χ3v) is 4.33. The Morgan fingerprint density at radius 1 is 1.15 bits per heavy atom. The lowest BCUT2D eigenvalue weighted by Gasteiger charge is -2.33. The Hall–Kier alpha value is -0.660. The highest BCUT2D eigenvalue weighted by Crippen LogP contribution is 2.17. The monoisotopic (exact) mass is 307 g/mol. The van der Waals surface area contributed by atoms with Crippen LogP contribution in [0.4, 0.5) is 0 Å². The molecule has 0 aromatic heterocycles. The highest BCUT2D eigenvalue weighted by molar-refractivity contribution is 7.88. The van der Waals surface area contributed by atoms with Crippen molar-refractivity contribution < 1.29 is 13.2 Å². The summed E-state index contributed by atoms with van der Waals surface area (Å²) in [5.41, 5.74) is -0.515. The number of rotatable bonds is 8. The van der Waals surface area contributed by atoms with Crippen LogP contribution in [-0.2, 0) is 14.8 Å². The third kappa shape index (κ3) is 8.50. The number of carbonyl (C=O) groups is 1. The van der Waals surface area contributed by atoms with Gasteiger partial charge in [0.25, 0.3) is 0 Å². The Balaban J connectivity index is 4.21. The molecule has 0 spiro atoms. The molecule has 20 heavy (non-hydrogen) atoms. The average Bonchev–Trinajstić information content (AvgIpc) is 2.20. The molecule has 0 aromatic carbocycles. The lowest BCUT2D eigenvalue weighted by atomic mass is 10.1. The van der Waals surface area contributed by atoms with Gasteiger partial charge in [0.2, 0.25) is 15.9 Å². The number of hydrogen-bond acceptors (Lipinski definition) is 4. The zero-order valence-corrected chi connectivity index (χ0v) is 14.4. The minimum atomic E-state index is -3.31. The van der Waals surface area contributed by atoms with Crippen molar-refractivity contribution in [2.24, 2.45) is 0 Å². The lowest BCUT2D eigenvalue weighted by Crippen LogP contribution is -2.46. The largest absolute Gasteiger partial charge is 0.356 e. The minimum Gasteiger partial charge on any atom is -0.356 e. The minimum absolute atomic E-state index is 0.110. The molecule has 0 rings (SSSR count). The Morgan fingerprint density at radius 2 is 1.70 bits per heavy atom. The van der Waals surface area contributed by atoms with Gasteiger partial charge in [-0.3, -0.25) is 4.79 Å². The third-order valence-electron chi connectivity index (χ3n) is 2.79. The van der Waals surface area contributed by atoms with Gasteiger partial charge in [-0.05, 0) is 47.8 Å². The molecule has 0 heterocycles. The second kappa shape index (κ2) is 7.95. The van der Waals surface area contributed by atoms with Gasteiger partial charge in [-0.2, -0.15) is 4.31 Å². The van der Waals surface area contributed by atoms with E-state index in [-0.39, 0.29) is 18.9 Å². The number of hydrogen-bond donors (Lipinski definition) is 1. The molecular weight excluding hydrogens is 278 g/mol. The molecule has 0 saturated heterocycles. The predicted octanol–water partition coefficient (Wildman–Crippen LogP) is 0.505. The van der Waals surface area contributed by atoms with Crippen molar-refractivity contribution in [3.05, 3.63) is 0 Å². The SMILES string of the molecule is CN(C)CCCNC(=O)CCN(C(C)(C)C)S(C)(=O)=O. The molecule has 6 nitrogen and oxygen atoms in total. The standard InChI is InChI=1S/C13H29N3O3S/c1-13(2,3)16(20(6,18)19)11-8-12(17)14-9-7-10-15(4)5/h7-11H2,1-6H3,(H,14,17). The molecule has 0 aliphatic carbocycles. The van der Waals surface area contributed by atoms with Crippen molar-refractivity contribution in [3.63, 3.8) is 0 Å². The van der Waals surface area contributed by atoms with E-state index >= 15 is 0 Å². The molecule has 0 bridgehead atoms. The summed E-state index contributed by atoms with van der Waals surface area (Å²) in [6, 6.07) is 0. The topological polar surface area (TPSA) is 69.7 Å². The first-order chi connectivity index (χ1) is 8.94. The van der Waals surface area contributed by atoms with Gasteiger partial charge in [-0.1, -0.05) is 0 Å². The highest BCUT2D eigenvalue weighted by Gasteiger charge is 2.29. The second-order valence-corrected chi connectivity index (χ2v) is 8.17. The number of carbonyl (C=O) groups excluding carboxylic acids is 1. The fourth-order valence-electron chi connectivity index (χ4n) is 1.91. The molecule has 1 N–H and O–H groups in total. The molecule has 0 radical (unpaired) electrons. The maximum absolute atomic E-state index is 11.7. The summed E-state index contributed by atoms with van der Waals surface area (Å²) in [4.78, 5) is 13.8. The van der Waals surface area contributed by atoms with Crippen molar-refractivity contribution in [2.45, 2.75) is 39.2 Å². The van der Waals surface area contributed by atoms with Crippen LogP contribution in [-0.4, -0.2) is 69.1 Å². The maximum Gasteiger partial charge on any atom is 0.221 e. The molecule has 120 valence electrons. The van der Waals surface area contributed by atoms with Crippen molar-refractivity contribution in [1.29, 1.82) is 0 Å². The van der Waals surface area contributed by atoms with E-state index in [1.54, 1.807) is 0 Å². The van der Waals surface area contributed by atoms with Crippen LogP contribution in [0.25, 0.3) is 0 Å². The van der Waals surface area contributed by atoms with Crippen LogP contribution in [0.2, 0.25) is 0 Å². The molecule has 0 aliphatic heterocycles.